The van der Waals surface area contributed by atoms with Crippen LogP contribution in [-0.4, -0.2) is 40.1 Å². The van der Waals surface area contributed by atoms with Gasteiger partial charge in [0.2, 0.25) is 0 Å². The number of carboxylic acid groups (broad SMARTS) is 1. The number of nitrogens with zero attached hydrogens (tertiary/aromatic N) is 2. The van der Waals surface area contributed by atoms with Crippen LogP contribution in [-0.2, 0) is 4.79 Å². The number of thiazole rings is 1. The number of hydrogen-bond donors (Lipinski definition) is 2. The molecule has 1 atom stereocenters. The average molecular weight is 311 g/mol. The summed E-state index contributed by atoms with van der Waals surface area (Å²) in [5, 5.41) is 12.8. The number of aromatic nitrogens is 1. The van der Waals surface area contributed by atoms with E-state index in [-0.39, 0.29) is 12.6 Å². The number of nitrogens with one attached hydrogen (secondary N) is 1. The Morgan fingerprint density at radius 3 is 2.71 bits per heavy atom. The Morgan fingerprint density at radius 2 is 2.19 bits per heavy atom. The summed E-state index contributed by atoms with van der Waals surface area (Å²) in [7, 11) is 0. The van der Waals surface area contributed by atoms with Gasteiger partial charge in [-0.05, 0) is 26.7 Å². The van der Waals surface area contributed by atoms with E-state index in [0.29, 0.717) is 24.5 Å². The molecule has 1 aromatic heterocycles. The van der Waals surface area contributed by atoms with Gasteiger partial charge in [-0.25, -0.2) is 9.78 Å². The van der Waals surface area contributed by atoms with Crippen LogP contribution in [0.15, 0.2) is 0 Å². The minimum absolute atomic E-state index is 0.261. The van der Waals surface area contributed by atoms with Gasteiger partial charge in [0.15, 0.2) is 5.13 Å². The molecule has 2 amide bonds. The van der Waals surface area contributed by atoms with E-state index in [4.69, 9.17) is 0 Å². The van der Waals surface area contributed by atoms with Crippen LogP contribution in [0.4, 0.5) is 9.93 Å². The van der Waals surface area contributed by atoms with E-state index in [1.54, 1.807) is 4.90 Å². The van der Waals surface area contributed by atoms with Gasteiger partial charge >= 0.3 is 12.0 Å². The molecule has 2 N–H and O–H groups in total. The molecule has 0 spiro atoms. The lowest BCUT2D eigenvalue weighted by atomic mass is 9.83. The van der Waals surface area contributed by atoms with E-state index in [1.165, 1.54) is 11.3 Å². The van der Waals surface area contributed by atoms with E-state index in [9.17, 15) is 14.7 Å². The summed E-state index contributed by atoms with van der Waals surface area (Å²) in [5.41, 5.74) is 0.114. The molecule has 1 aromatic rings. The highest BCUT2D eigenvalue weighted by Gasteiger charge is 2.45. The second-order valence-corrected chi connectivity index (χ2v) is 6.80. The number of aryl methyl sites for hydroxylation is 2. The SMILES string of the molecule is CCCC1(C(=O)O)CCN(C(=O)Nc2nc(C)c(C)s2)C1. The lowest BCUT2D eigenvalue weighted by molar-refractivity contribution is -0.148. The minimum atomic E-state index is -0.805. The van der Waals surface area contributed by atoms with Gasteiger partial charge < -0.3 is 10.0 Å². The zero-order chi connectivity index (χ0) is 15.6. The zero-order valence-electron chi connectivity index (χ0n) is 12.6. The molecule has 1 unspecified atom stereocenters. The van der Waals surface area contributed by atoms with Crippen molar-refractivity contribution in [3.05, 3.63) is 10.6 Å². The number of anilines is 1. The number of amides is 2. The first-order valence-corrected chi connectivity index (χ1v) is 7.93. The Hall–Kier alpha value is -1.63. The molecule has 2 rings (SSSR count). The highest BCUT2D eigenvalue weighted by Crippen LogP contribution is 2.36. The van der Waals surface area contributed by atoms with E-state index >= 15 is 0 Å². The molecule has 0 aromatic carbocycles. The van der Waals surface area contributed by atoms with Crippen molar-refractivity contribution in [2.24, 2.45) is 5.41 Å². The van der Waals surface area contributed by atoms with Crippen molar-refractivity contribution in [2.75, 3.05) is 18.4 Å². The zero-order valence-corrected chi connectivity index (χ0v) is 13.4. The Bertz CT molecular complexity index is 538. The molecular formula is C14H21N3O3S. The third kappa shape index (κ3) is 3.18. The fourth-order valence-corrected chi connectivity index (χ4v) is 3.51. The largest absolute Gasteiger partial charge is 0.481 e. The van der Waals surface area contributed by atoms with Gasteiger partial charge in [0.1, 0.15) is 0 Å². The number of carbonyl (C=O) groups excluding carboxylic acids is 1. The maximum atomic E-state index is 12.2. The Balaban J connectivity index is 2.03. The maximum Gasteiger partial charge on any atom is 0.323 e. The molecule has 6 nitrogen and oxygen atoms in total. The summed E-state index contributed by atoms with van der Waals surface area (Å²) < 4.78 is 0. The van der Waals surface area contributed by atoms with Gasteiger partial charge in [-0.3, -0.25) is 10.1 Å². The smallest absolute Gasteiger partial charge is 0.323 e. The van der Waals surface area contributed by atoms with E-state index in [2.05, 4.69) is 10.3 Å². The number of carboxylic acids is 1. The topological polar surface area (TPSA) is 82.5 Å². The van der Waals surface area contributed by atoms with Crippen LogP contribution in [0, 0.1) is 19.3 Å². The standard InChI is InChI=1S/C14H21N3O3S/c1-4-5-14(11(18)19)6-7-17(8-14)13(20)16-12-15-9(2)10(3)21-12/h4-8H2,1-3H3,(H,18,19)(H,15,16,20). The van der Waals surface area contributed by atoms with Crippen LogP contribution in [0.1, 0.15) is 36.8 Å². The molecule has 1 fully saturated rings. The first-order chi connectivity index (χ1) is 9.88. The number of rotatable bonds is 4. The van der Waals surface area contributed by atoms with Gasteiger partial charge in [-0.15, -0.1) is 11.3 Å². The molecule has 7 heteroatoms. The average Bonchev–Trinajstić information content (AvgIpc) is 2.96. The van der Waals surface area contributed by atoms with Crippen LogP contribution < -0.4 is 5.32 Å². The molecule has 1 aliphatic heterocycles. The lowest BCUT2D eigenvalue weighted by Gasteiger charge is -2.24. The molecule has 1 aliphatic rings. The Kier molecular flexibility index (Phi) is 4.51. The number of urea groups is 1. The minimum Gasteiger partial charge on any atom is -0.481 e. The number of hydrogen-bond acceptors (Lipinski definition) is 4. The van der Waals surface area contributed by atoms with Crippen LogP contribution >= 0.6 is 11.3 Å². The predicted molar refractivity (Wildman–Crippen MR) is 81.8 cm³/mol. The van der Waals surface area contributed by atoms with E-state index in [0.717, 1.165) is 17.0 Å². The summed E-state index contributed by atoms with van der Waals surface area (Å²) in [6.45, 7) is 6.56. The van der Waals surface area contributed by atoms with Crippen LogP contribution in [0.3, 0.4) is 0 Å². The van der Waals surface area contributed by atoms with Gasteiger partial charge in [0.25, 0.3) is 0 Å². The molecule has 0 saturated carbocycles. The van der Waals surface area contributed by atoms with Gasteiger partial charge in [-0.2, -0.15) is 0 Å². The maximum absolute atomic E-state index is 12.2. The summed E-state index contributed by atoms with van der Waals surface area (Å²) in [6.07, 6.45) is 1.91. The number of aliphatic carboxylic acids is 1. The van der Waals surface area contributed by atoms with Gasteiger partial charge in [-0.1, -0.05) is 13.3 Å². The van der Waals surface area contributed by atoms with Crippen LogP contribution in [0.2, 0.25) is 0 Å². The van der Waals surface area contributed by atoms with Crippen molar-refractivity contribution < 1.29 is 14.7 Å². The third-order valence-electron chi connectivity index (χ3n) is 4.07. The summed E-state index contributed by atoms with van der Waals surface area (Å²) in [5.74, 6) is -0.805. The highest BCUT2D eigenvalue weighted by molar-refractivity contribution is 7.15. The van der Waals surface area contributed by atoms with Crippen molar-refractivity contribution in [1.29, 1.82) is 0 Å². The second-order valence-electron chi connectivity index (χ2n) is 5.60. The number of carbonyl (C=O) groups is 2. The molecule has 0 radical (unpaired) electrons. The van der Waals surface area contributed by atoms with Crippen molar-refractivity contribution in [2.45, 2.75) is 40.0 Å². The first-order valence-electron chi connectivity index (χ1n) is 7.11. The molecule has 0 aliphatic carbocycles. The Morgan fingerprint density at radius 1 is 1.48 bits per heavy atom. The first kappa shape index (κ1) is 15.8. The van der Waals surface area contributed by atoms with E-state index < -0.39 is 11.4 Å². The molecule has 2 heterocycles. The fourth-order valence-electron chi connectivity index (χ4n) is 2.71. The monoisotopic (exact) mass is 311 g/mol. The fraction of sp³-hybridized carbons (Fsp3) is 0.643. The normalized spacial score (nSPS) is 21.6. The highest BCUT2D eigenvalue weighted by atomic mass is 32.1. The molecule has 21 heavy (non-hydrogen) atoms. The molecule has 116 valence electrons. The Labute approximate surface area is 128 Å². The quantitative estimate of drug-likeness (QED) is 0.895. The van der Waals surface area contributed by atoms with Crippen molar-refractivity contribution >= 4 is 28.5 Å². The number of likely N-dealkylation sites (tertiary alicyclic amines) is 1. The van der Waals surface area contributed by atoms with Crippen LogP contribution in [0.5, 0.6) is 0 Å². The predicted octanol–water partition coefficient (Wildman–Crippen LogP) is 2.87. The van der Waals surface area contributed by atoms with Gasteiger partial charge in [0.05, 0.1) is 11.1 Å². The summed E-state index contributed by atoms with van der Waals surface area (Å²) in [4.78, 5) is 30.7. The van der Waals surface area contributed by atoms with Crippen molar-refractivity contribution in [3.63, 3.8) is 0 Å². The van der Waals surface area contributed by atoms with Gasteiger partial charge in [0, 0.05) is 18.0 Å². The summed E-state index contributed by atoms with van der Waals surface area (Å²) >= 11 is 1.43. The van der Waals surface area contributed by atoms with E-state index in [1.807, 2.05) is 20.8 Å². The van der Waals surface area contributed by atoms with Crippen molar-refractivity contribution in [3.8, 4) is 0 Å². The summed E-state index contributed by atoms with van der Waals surface area (Å²) in [6, 6.07) is -0.261. The second kappa shape index (κ2) is 6.01. The van der Waals surface area contributed by atoms with Crippen molar-refractivity contribution in [1.82, 2.24) is 9.88 Å². The lowest BCUT2D eigenvalue weighted by Crippen LogP contribution is -2.38. The molecular weight excluding hydrogens is 290 g/mol. The third-order valence-corrected chi connectivity index (χ3v) is 5.05. The van der Waals surface area contributed by atoms with Crippen LogP contribution in [0.25, 0.3) is 0 Å². The molecule has 0 bridgehead atoms. The molecule has 1 saturated heterocycles.